The standard InChI is InChI=1S/C24H27N5O2S/c1-24(11-12-24)32(30,31)27-17-9-7-16(8-10-17)22-21(14-25)20-13-19(28(2)3)15-26-23(20)29(22)18-5-4-6-18/h7-10,13,15,18,27H,4-6,11-12H2,1-3H3. The summed E-state index contributed by atoms with van der Waals surface area (Å²) in [5, 5.41) is 11.0. The number of hydrogen-bond acceptors (Lipinski definition) is 5. The molecule has 0 unspecified atom stereocenters. The normalized spacial score (nSPS) is 17.6. The van der Waals surface area contributed by atoms with Gasteiger partial charge in [0.2, 0.25) is 10.0 Å². The third kappa shape index (κ3) is 3.23. The highest BCUT2D eigenvalue weighted by molar-refractivity contribution is 7.94. The lowest BCUT2D eigenvalue weighted by Gasteiger charge is -2.29. The van der Waals surface area contributed by atoms with Crippen LogP contribution in [0.2, 0.25) is 0 Å². The number of rotatable bonds is 6. The fourth-order valence-corrected chi connectivity index (χ4v) is 5.57. The Labute approximate surface area is 188 Å². The van der Waals surface area contributed by atoms with Crippen molar-refractivity contribution in [3.63, 3.8) is 0 Å². The number of benzene rings is 1. The van der Waals surface area contributed by atoms with Crippen molar-refractivity contribution in [3.8, 4) is 17.3 Å². The van der Waals surface area contributed by atoms with Gasteiger partial charge in [-0.2, -0.15) is 5.26 Å². The van der Waals surface area contributed by atoms with Gasteiger partial charge in [0, 0.05) is 31.2 Å². The highest BCUT2D eigenvalue weighted by Gasteiger charge is 2.50. The molecule has 1 N–H and O–H groups in total. The summed E-state index contributed by atoms with van der Waals surface area (Å²) in [7, 11) is 0.516. The largest absolute Gasteiger partial charge is 0.376 e. The average molecular weight is 450 g/mol. The molecule has 0 bridgehead atoms. The fraction of sp³-hybridized carbons (Fsp3) is 0.417. The molecule has 0 atom stereocenters. The molecule has 7 nitrogen and oxygen atoms in total. The van der Waals surface area contributed by atoms with Crippen LogP contribution in [0.4, 0.5) is 11.4 Å². The predicted molar refractivity (Wildman–Crippen MR) is 127 cm³/mol. The van der Waals surface area contributed by atoms with Crippen LogP contribution in [-0.2, 0) is 10.0 Å². The summed E-state index contributed by atoms with van der Waals surface area (Å²) in [6.45, 7) is 1.77. The van der Waals surface area contributed by atoms with Crippen LogP contribution in [0.3, 0.4) is 0 Å². The zero-order valence-electron chi connectivity index (χ0n) is 18.6. The van der Waals surface area contributed by atoms with E-state index in [-0.39, 0.29) is 0 Å². The number of nitrogens with one attached hydrogen (secondary N) is 1. The molecule has 2 heterocycles. The van der Waals surface area contributed by atoms with Gasteiger partial charge in [-0.05, 0) is 62.8 Å². The van der Waals surface area contributed by atoms with Gasteiger partial charge in [-0.3, -0.25) is 4.72 Å². The summed E-state index contributed by atoms with van der Waals surface area (Å²) in [6, 6.07) is 12.1. The van der Waals surface area contributed by atoms with E-state index in [9.17, 15) is 13.7 Å². The number of pyridine rings is 1. The first-order valence-corrected chi connectivity index (χ1v) is 12.5. The molecule has 2 aliphatic carbocycles. The van der Waals surface area contributed by atoms with Crippen molar-refractivity contribution in [1.82, 2.24) is 9.55 Å². The number of sulfonamides is 1. The molecule has 0 aliphatic heterocycles. The Kier molecular flexibility index (Phi) is 4.71. The summed E-state index contributed by atoms with van der Waals surface area (Å²) in [5.41, 5.74) is 4.68. The summed E-state index contributed by atoms with van der Waals surface area (Å²) in [5.74, 6) is 0. The Morgan fingerprint density at radius 2 is 1.91 bits per heavy atom. The first-order chi connectivity index (χ1) is 15.2. The number of fused-ring (bicyclic) bond motifs is 1. The van der Waals surface area contributed by atoms with Crippen LogP contribution in [0.25, 0.3) is 22.3 Å². The van der Waals surface area contributed by atoms with Gasteiger partial charge in [-0.15, -0.1) is 0 Å². The lowest BCUT2D eigenvalue weighted by Crippen LogP contribution is -2.26. The van der Waals surface area contributed by atoms with E-state index in [0.29, 0.717) is 30.1 Å². The molecule has 2 aromatic heterocycles. The predicted octanol–water partition coefficient (Wildman–Crippen LogP) is 4.66. The number of nitrogens with zero attached hydrogens (tertiary/aromatic N) is 4. The molecule has 32 heavy (non-hydrogen) atoms. The van der Waals surface area contributed by atoms with Crippen LogP contribution in [0.5, 0.6) is 0 Å². The second kappa shape index (κ2) is 7.24. The Hall–Kier alpha value is -3.05. The third-order valence-corrected chi connectivity index (χ3v) is 9.12. The minimum absolute atomic E-state index is 0.320. The van der Waals surface area contributed by atoms with Crippen molar-refractivity contribution >= 4 is 32.4 Å². The van der Waals surface area contributed by atoms with Crippen molar-refractivity contribution in [2.24, 2.45) is 0 Å². The van der Waals surface area contributed by atoms with Crippen LogP contribution >= 0.6 is 0 Å². The lowest BCUT2D eigenvalue weighted by molar-refractivity contribution is 0.323. The lowest BCUT2D eigenvalue weighted by atomic mass is 9.92. The summed E-state index contributed by atoms with van der Waals surface area (Å²) in [4.78, 5) is 6.72. The van der Waals surface area contributed by atoms with Crippen LogP contribution in [-0.4, -0.2) is 36.8 Å². The Morgan fingerprint density at radius 3 is 2.44 bits per heavy atom. The molecule has 0 amide bonds. The summed E-state index contributed by atoms with van der Waals surface area (Å²) >= 11 is 0. The molecule has 2 saturated carbocycles. The monoisotopic (exact) mass is 449 g/mol. The maximum absolute atomic E-state index is 12.6. The van der Waals surface area contributed by atoms with Crippen molar-refractivity contribution in [2.45, 2.75) is 49.8 Å². The smallest absolute Gasteiger partial charge is 0.238 e. The van der Waals surface area contributed by atoms with Gasteiger partial charge >= 0.3 is 0 Å². The zero-order valence-corrected chi connectivity index (χ0v) is 19.4. The van der Waals surface area contributed by atoms with E-state index in [1.165, 1.54) is 6.42 Å². The van der Waals surface area contributed by atoms with Crippen molar-refractivity contribution in [2.75, 3.05) is 23.7 Å². The van der Waals surface area contributed by atoms with Gasteiger partial charge in [0.25, 0.3) is 0 Å². The second-order valence-electron chi connectivity index (χ2n) is 9.38. The second-order valence-corrected chi connectivity index (χ2v) is 11.6. The molecular weight excluding hydrogens is 422 g/mol. The highest BCUT2D eigenvalue weighted by atomic mass is 32.2. The van der Waals surface area contributed by atoms with Gasteiger partial charge < -0.3 is 9.47 Å². The van der Waals surface area contributed by atoms with Crippen LogP contribution in [0, 0.1) is 11.3 Å². The van der Waals surface area contributed by atoms with E-state index in [4.69, 9.17) is 4.98 Å². The van der Waals surface area contributed by atoms with E-state index in [2.05, 4.69) is 15.4 Å². The number of anilines is 2. The number of hydrogen-bond donors (Lipinski definition) is 1. The van der Waals surface area contributed by atoms with E-state index in [1.54, 1.807) is 19.1 Å². The van der Waals surface area contributed by atoms with Crippen LogP contribution in [0.15, 0.2) is 36.5 Å². The molecule has 0 saturated heterocycles. The molecule has 5 rings (SSSR count). The average Bonchev–Trinajstić information content (AvgIpc) is 3.41. The van der Waals surface area contributed by atoms with Crippen molar-refractivity contribution < 1.29 is 8.42 Å². The van der Waals surface area contributed by atoms with Crippen molar-refractivity contribution in [3.05, 3.63) is 42.1 Å². The molecule has 2 fully saturated rings. The first kappa shape index (κ1) is 20.8. The molecule has 0 radical (unpaired) electrons. The Bertz CT molecular complexity index is 1340. The Balaban J connectivity index is 1.61. The Morgan fingerprint density at radius 1 is 1.22 bits per heavy atom. The SMILES string of the molecule is CN(C)c1cnc2c(c1)c(C#N)c(-c1ccc(NS(=O)(=O)C3(C)CC3)cc1)n2C1CCC1. The number of aromatic nitrogens is 2. The highest BCUT2D eigenvalue weighted by Crippen LogP contribution is 2.44. The fourth-order valence-electron chi connectivity index (χ4n) is 4.24. The summed E-state index contributed by atoms with van der Waals surface area (Å²) < 4.78 is 29.4. The van der Waals surface area contributed by atoms with Gasteiger partial charge in [0.05, 0.1) is 27.9 Å². The topological polar surface area (TPSA) is 91.0 Å². The van der Waals surface area contributed by atoms with Gasteiger partial charge in [-0.25, -0.2) is 13.4 Å². The molecule has 0 spiro atoms. The zero-order chi connectivity index (χ0) is 22.7. The molecule has 2 aliphatic rings. The molecule has 3 aromatic rings. The van der Waals surface area contributed by atoms with Gasteiger partial charge in [0.1, 0.15) is 11.7 Å². The minimum Gasteiger partial charge on any atom is -0.376 e. The molecule has 1 aromatic carbocycles. The van der Waals surface area contributed by atoms with E-state index in [1.807, 2.05) is 43.4 Å². The molecule has 166 valence electrons. The maximum Gasteiger partial charge on any atom is 0.238 e. The summed E-state index contributed by atoms with van der Waals surface area (Å²) in [6.07, 6.45) is 6.52. The number of nitriles is 1. The van der Waals surface area contributed by atoms with Crippen molar-refractivity contribution in [1.29, 1.82) is 5.26 Å². The molecular formula is C24H27N5O2S. The van der Waals surface area contributed by atoms with E-state index >= 15 is 0 Å². The van der Waals surface area contributed by atoms with Gasteiger partial charge in [-0.1, -0.05) is 12.1 Å². The van der Waals surface area contributed by atoms with Crippen LogP contribution < -0.4 is 9.62 Å². The van der Waals surface area contributed by atoms with E-state index in [0.717, 1.165) is 40.8 Å². The third-order valence-electron chi connectivity index (χ3n) is 6.91. The quantitative estimate of drug-likeness (QED) is 0.591. The van der Waals surface area contributed by atoms with Gasteiger partial charge in [0.15, 0.2) is 0 Å². The van der Waals surface area contributed by atoms with E-state index < -0.39 is 14.8 Å². The maximum atomic E-state index is 12.6. The minimum atomic E-state index is -3.40. The molecule has 8 heteroatoms. The first-order valence-electron chi connectivity index (χ1n) is 11.0. The van der Waals surface area contributed by atoms with Crippen LogP contribution in [0.1, 0.15) is 50.6 Å².